The molecule has 0 aromatic heterocycles. The Kier molecular flexibility index (Phi) is 5.88. The molecule has 1 aliphatic heterocycles. The lowest BCUT2D eigenvalue weighted by atomic mass is 9.95. The van der Waals surface area contributed by atoms with Crippen LogP contribution in [0.5, 0.6) is 5.75 Å². The van der Waals surface area contributed by atoms with Crippen molar-refractivity contribution in [1.82, 2.24) is 10.6 Å². The van der Waals surface area contributed by atoms with Gasteiger partial charge in [-0.3, -0.25) is 9.59 Å². The van der Waals surface area contributed by atoms with E-state index in [1.807, 2.05) is 6.07 Å². The molecule has 0 aliphatic carbocycles. The number of ether oxygens (including phenoxy) is 1. The topological polar surface area (TPSA) is 67.4 Å². The summed E-state index contributed by atoms with van der Waals surface area (Å²) in [6, 6.07) is 4.71. The average molecular weight is 339 g/mol. The van der Waals surface area contributed by atoms with Crippen molar-refractivity contribution < 1.29 is 14.3 Å². The number of amides is 2. The van der Waals surface area contributed by atoms with E-state index in [0.717, 1.165) is 12.0 Å². The molecule has 0 spiro atoms. The Morgan fingerprint density at radius 2 is 2.22 bits per heavy atom. The second-order valence-corrected chi connectivity index (χ2v) is 6.67. The van der Waals surface area contributed by atoms with Crippen LogP contribution in [-0.4, -0.2) is 25.0 Å². The molecule has 1 aromatic carbocycles. The predicted molar refractivity (Wildman–Crippen MR) is 89.5 cm³/mol. The number of hydrogen-bond acceptors (Lipinski definition) is 3. The molecule has 1 saturated heterocycles. The van der Waals surface area contributed by atoms with Crippen molar-refractivity contribution in [3.63, 3.8) is 0 Å². The van der Waals surface area contributed by atoms with Gasteiger partial charge >= 0.3 is 0 Å². The van der Waals surface area contributed by atoms with Gasteiger partial charge in [-0.15, -0.1) is 0 Å². The van der Waals surface area contributed by atoms with Crippen LogP contribution in [0.25, 0.3) is 0 Å². The van der Waals surface area contributed by atoms with Crippen LogP contribution in [-0.2, 0) is 9.59 Å². The summed E-state index contributed by atoms with van der Waals surface area (Å²) >= 11 is 6.11. The van der Waals surface area contributed by atoms with Crippen LogP contribution in [0.15, 0.2) is 18.2 Å². The number of rotatable bonds is 6. The molecule has 1 heterocycles. The molecule has 23 heavy (non-hydrogen) atoms. The summed E-state index contributed by atoms with van der Waals surface area (Å²) in [6.07, 6.45) is 1.68. The minimum Gasteiger partial charge on any atom is -0.496 e. The van der Waals surface area contributed by atoms with E-state index in [9.17, 15) is 9.59 Å². The van der Waals surface area contributed by atoms with Crippen LogP contribution < -0.4 is 15.4 Å². The van der Waals surface area contributed by atoms with Gasteiger partial charge in [-0.2, -0.15) is 0 Å². The molecular weight excluding hydrogens is 316 g/mol. The van der Waals surface area contributed by atoms with E-state index in [1.54, 1.807) is 19.2 Å². The van der Waals surface area contributed by atoms with E-state index >= 15 is 0 Å². The van der Waals surface area contributed by atoms with E-state index < -0.39 is 6.04 Å². The Hall–Kier alpha value is -1.75. The summed E-state index contributed by atoms with van der Waals surface area (Å²) in [6.45, 7) is 4.18. The number of carbonyl (C=O) groups excluding carboxylic acids is 2. The van der Waals surface area contributed by atoms with E-state index in [-0.39, 0.29) is 17.9 Å². The first-order valence-corrected chi connectivity index (χ1v) is 8.21. The average Bonchev–Trinajstić information content (AvgIpc) is 2.92. The van der Waals surface area contributed by atoms with Gasteiger partial charge in [0.05, 0.1) is 13.2 Å². The second-order valence-electron chi connectivity index (χ2n) is 6.24. The molecule has 1 aromatic rings. The van der Waals surface area contributed by atoms with Gasteiger partial charge in [-0.1, -0.05) is 25.4 Å². The molecule has 126 valence electrons. The Labute approximate surface area is 141 Å². The van der Waals surface area contributed by atoms with Gasteiger partial charge < -0.3 is 15.4 Å². The number of benzene rings is 1. The quantitative estimate of drug-likeness (QED) is 0.838. The Morgan fingerprint density at radius 3 is 2.78 bits per heavy atom. The van der Waals surface area contributed by atoms with E-state index in [4.69, 9.17) is 16.3 Å². The SMILES string of the molecule is COc1ccc(Cl)cc1[C@@H](CC(C)C)NC(=O)[C@H]1CCC(=O)N1. The third-order valence-electron chi connectivity index (χ3n) is 3.90. The highest BCUT2D eigenvalue weighted by Crippen LogP contribution is 2.32. The molecule has 0 unspecified atom stereocenters. The van der Waals surface area contributed by atoms with Gasteiger partial charge in [0.25, 0.3) is 0 Å². The highest BCUT2D eigenvalue weighted by molar-refractivity contribution is 6.30. The first-order chi connectivity index (χ1) is 10.9. The van der Waals surface area contributed by atoms with Crippen LogP contribution >= 0.6 is 11.6 Å². The van der Waals surface area contributed by atoms with Gasteiger partial charge in [0.15, 0.2) is 0 Å². The lowest BCUT2D eigenvalue weighted by Crippen LogP contribution is -2.43. The Bertz CT molecular complexity index is 589. The molecule has 1 aliphatic rings. The summed E-state index contributed by atoms with van der Waals surface area (Å²) in [5.74, 6) is 0.826. The summed E-state index contributed by atoms with van der Waals surface area (Å²) in [5.41, 5.74) is 0.853. The van der Waals surface area contributed by atoms with E-state index in [1.165, 1.54) is 0 Å². The van der Waals surface area contributed by atoms with Crippen molar-refractivity contribution in [2.45, 2.75) is 45.2 Å². The van der Waals surface area contributed by atoms with Crippen molar-refractivity contribution in [1.29, 1.82) is 0 Å². The molecular formula is C17H23ClN2O3. The fraction of sp³-hybridized carbons (Fsp3) is 0.529. The zero-order valence-corrected chi connectivity index (χ0v) is 14.4. The largest absolute Gasteiger partial charge is 0.496 e. The lowest BCUT2D eigenvalue weighted by molar-refractivity contribution is -0.126. The van der Waals surface area contributed by atoms with E-state index in [2.05, 4.69) is 24.5 Å². The molecule has 2 amide bonds. The third kappa shape index (κ3) is 4.61. The molecule has 6 heteroatoms. The van der Waals surface area contributed by atoms with Crippen molar-refractivity contribution in [2.75, 3.05) is 7.11 Å². The number of nitrogens with one attached hydrogen (secondary N) is 2. The molecule has 2 N–H and O–H groups in total. The van der Waals surface area contributed by atoms with Crippen LogP contribution in [0.3, 0.4) is 0 Å². The van der Waals surface area contributed by atoms with Crippen LogP contribution in [0.2, 0.25) is 5.02 Å². The second kappa shape index (κ2) is 7.68. The highest BCUT2D eigenvalue weighted by atomic mass is 35.5. The zero-order valence-electron chi connectivity index (χ0n) is 13.7. The Balaban J connectivity index is 2.21. The van der Waals surface area contributed by atoms with Gasteiger partial charge in [-0.05, 0) is 37.0 Å². The molecule has 5 nitrogen and oxygen atoms in total. The number of hydrogen-bond donors (Lipinski definition) is 2. The van der Waals surface area contributed by atoms with Crippen molar-refractivity contribution in [3.05, 3.63) is 28.8 Å². The maximum atomic E-state index is 12.4. The first kappa shape index (κ1) is 17.6. The Morgan fingerprint density at radius 1 is 1.48 bits per heavy atom. The van der Waals surface area contributed by atoms with Gasteiger partial charge in [-0.25, -0.2) is 0 Å². The number of methoxy groups -OCH3 is 1. The zero-order chi connectivity index (χ0) is 17.0. The fourth-order valence-electron chi connectivity index (χ4n) is 2.80. The summed E-state index contributed by atoms with van der Waals surface area (Å²) in [5, 5.41) is 6.33. The monoisotopic (exact) mass is 338 g/mol. The minimum atomic E-state index is -0.456. The molecule has 2 rings (SSSR count). The number of halogens is 1. The van der Waals surface area contributed by atoms with Crippen molar-refractivity contribution in [3.8, 4) is 5.75 Å². The lowest BCUT2D eigenvalue weighted by Gasteiger charge is -2.24. The van der Waals surface area contributed by atoms with Crippen molar-refractivity contribution >= 4 is 23.4 Å². The van der Waals surface area contributed by atoms with E-state index in [0.29, 0.717) is 29.5 Å². The first-order valence-electron chi connectivity index (χ1n) is 7.84. The fourth-order valence-corrected chi connectivity index (χ4v) is 2.98. The van der Waals surface area contributed by atoms with Crippen molar-refractivity contribution in [2.24, 2.45) is 5.92 Å². The highest BCUT2D eigenvalue weighted by Gasteiger charge is 2.29. The predicted octanol–water partition coefficient (Wildman–Crippen LogP) is 2.83. The van der Waals surface area contributed by atoms with Crippen LogP contribution in [0.4, 0.5) is 0 Å². The summed E-state index contributed by atoms with van der Waals surface area (Å²) in [4.78, 5) is 23.7. The minimum absolute atomic E-state index is 0.0779. The third-order valence-corrected chi connectivity index (χ3v) is 4.14. The van der Waals surface area contributed by atoms with Crippen LogP contribution in [0, 0.1) is 5.92 Å². The molecule has 2 atom stereocenters. The van der Waals surface area contributed by atoms with Crippen LogP contribution in [0.1, 0.15) is 44.7 Å². The maximum Gasteiger partial charge on any atom is 0.243 e. The van der Waals surface area contributed by atoms with Gasteiger partial charge in [0.2, 0.25) is 11.8 Å². The number of carbonyl (C=O) groups is 2. The van der Waals surface area contributed by atoms with Gasteiger partial charge in [0, 0.05) is 17.0 Å². The summed E-state index contributed by atoms with van der Waals surface area (Å²) < 4.78 is 5.41. The standard InChI is InChI=1S/C17H23ClN2O3/c1-10(2)8-14(12-9-11(18)4-6-15(12)23-3)20-17(22)13-5-7-16(21)19-13/h4,6,9-10,13-14H,5,7-8H2,1-3H3,(H,19,21)(H,20,22)/t13-,14-/m1/s1. The normalized spacial score (nSPS) is 18.7. The van der Waals surface area contributed by atoms with Gasteiger partial charge in [0.1, 0.15) is 11.8 Å². The smallest absolute Gasteiger partial charge is 0.243 e. The summed E-state index contributed by atoms with van der Waals surface area (Å²) in [7, 11) is 1.60. The maximum absolute atomic E-state index is 12.4. The molecule has 0 radical (unpaired) electrons. The molecule has 0 bridgehead atoms. The molecule has 1 fully saturated rings. The molecule has 0 saturated carbocycles.